The molecule has 0 spiro atoms. The highest BCUT2D eigenvalue weighted by Gasteiger charge is 2.38. The van der Waals surface area contributed by atoms with Crippen LogP contribution in [0.15, 0.2) is 29.2 Å². The summed E-state index contributed by atoms with van der Waals surface area (Å²) in [4.78, 5) is 27.5. The van der Waals surface area contributed by atoms with Crippen molar-refractivity contribution in [3.8, 4) is 0 Å². The van der Waals surface area contributed by atoms with Crippen molar-refractivity contribution in [2.75, 3.05) is 19.0 Å². The van der Waals surface area contributed by atoms with Crippen LogP contribution in [0.1, 0.15) is 19.4 Å². The Morgan fingerprint density at radius 3 is 2.33 bits per heavy atom. The fourth-order valence-electron chi connectivity index (χ4n) is 2.42. The van der Waals surface area contributed by atoms with E-state index in [1.807, 2.05) is 43.3 Å². The summed E-state index contributed by atoms with van der Waals surface area (Å²) < 4.78 is 0.249. The molecule has 0 bridgehead atoms. The summed E-state index contributed by atoms with van der Waals surface area (Å²) in [6, 6.07) is 6.65. The normalized spacial score (nSPS) is 17.7. The van der Waals surface area contributed by atoms with E-state index in [0.29, 0.717) is 4.91 Å². The number of thiocarbonyl (C=S) groups is 1. The van der Waals surface area contributed by atoms with Crippen LogP contribution < -0.4 is 10.0 Å². The van der Waals surface area contributed by atoms with Gasteiger partial charge in [-0.1, -0.05) is 50.0 Å². The first-order valence-electron chi connectivity index (χ1n) is 7.47. The number of carbonyl (C=O) groups excluding carboxylic acids is 2. The number of carboxylic acids is 1. The summed E-state index contributed by atoms with van der Waals surface area (Å²) in [5, 5.41) is 11.4. The van der Waals surface area contributed by atoms with E-state index >= 15 is 0 Å². The molecule has 1 amide bonds. The zero-order valence-corrected chi connectivity index (χ0v) is 15.6. The quantitative estimate of drug-likeness (QED) is 0.586. The highest BCUT2D eigenvalue weighted by molar-refractivity contribution is 8.26. The van der Waals surface area contributed by atoms with Crippen LogP contribution in [0.25, 0.3) is 6.08 Å². The number of thioether (sulfide) groups is 1. The van der Waals surface area contributed by atoms with E-state index < -0.39 is 12.0 Å². The van der Waals surface area contributed by atoms with E-state index in [0.717, 1.165) is 27.9 Å². The van der Waals surface area contributed by atoms with Gasteiger partial charge in [0, 0.05) is 19.8 Å². The van der Waals surface area contributed by atoms with Gasteiger partial charge in [0.2, 0.25) is 0 Å². The first-order chi connectivity index (χ1) is 11.2. The van der Waals surface area contributed by atoms with E-state index in [-0.39, 0.29) is 16.1 Å². The minimum atomic E-state index is -1.29. The van der Waals surface area contributed by atoms with Crippen LogP contribution >= 0.6 is 24.0 Å². The van der Waals surface area contributed by atoms with Gasteiger partial charge in [-0.05, 0) is 29.7 Å². The SMILES string of the molecule is CC(C)[C@H](C(=O)[O-])N1C(=O)/C(=C\c2ccc(N(C)C)cc2)SC1=S. The van der Waals surface area contributed by atoms with Gasteiger partial charge in [-0.3, -0.25) is 9.69 Å². The first-order valence-corrected chi connectivity index (χ1v) is 8.70. The third kappa shape index (κ3) is 3.79. The summed E-state index contributed by atoms with van der Waals surface area (Å²) >= 11 is 6.33. The van der Waals surface area contributed by atoms with Crippen molar-refractivity contribution in [3.63, 3.8) is 0 Å². The van der Waals surface area contributed by atoms with E-state index in [4.69, 9.17) is 12.2 Å². The fourth-order valence-corrected chi connectivity index (χ4v) is 3.74. The molecule has 0 unspecified atom stereocenters. The highest BCUT2D eigenvalue weighted by Crippen LogP contribution is 2.35. The molecule has 1 heterocycles. The van der Waals surface area contributed by atoms with Gasteiger partial charge in [-0.15, -0.1) is 0 Å². The number of amides is 1. The number of carbonyl (C=O) groups is 2. The maximum atomic E-state index is 12.6. The molecule has 5 nitrogen and oxygen atoms in total. The number of aliphatic carboxylic acids is 1. The van der Waals surface area contributed by atoms with Crippen molar-refractivity contribution in [2.24, 2.45) is 5.92 Å². The molecule has 1 aromatic rings. The fraction of sp³-hybridized carbons (Fsp3) is 0.353. The maximum absolute atomic E-state index is 12.6. The summed E-state index contributed by atoms with van der Waals surface area (Å²) in [6.07, 6.45) is 1.73. The van der Waals surface area contributed by atoms with E-state index in [9.17, 15) is 14.7 Å². The van der Waals surface area contributed by atoms with Crippen LogP contribution in [0.5, 0.6) is 0 Å². The smallest absolute Gasteiger partial charge is 0.266 e. The van der Waals surface area contributed by atoms with E-state index in [1.54, 1.807) is 19.9 Å². The Morgan fingerprint density at radius 2 is 1.88 bits per heavy atom. The molecule has 0 N–H and O–H groups in total. The maximum Gasteiger partial charge on any atom is 0.266 e. The molecule has 24 heavy (non-hydrogen) atoms. The molecule has 0 saturated carbocycles. The summed E-state index contributed by atoms with van der Waals surface area (Å²) in [5.41, 5.74) is 1.91. The number of carboxylic acid groups (broad SMARTS) is 1. The Bertz CT molecular complexity index is 696. The molecule has 7 heteroatoms. The molecule has 0 aliphatic carbocycles. The lowest BCUT2D eigenvalue weighted by Crippen LogP contribution is -2.52. The molecule has 1 aliphatic rings. The third-order valence-corrected chi connectivity index (χ3v) is 5.01. The summed E-state index contributed by atoms with van der Waals surface area (Å²) in [6.45, 7) is 3.45. The molecule has 0 radical (unpaired) electrons. The lowest BCUT2D eigenvalue weighted by Gasteiger charge is -2.30. The number of hydrogen-bond acceptors (Lipinski definition) is 6. The molecule has 1 atom stereocenters. The summed E-state index contributed by atoms with van der Waals surface area (Å²) in [5.74, 6) is -1.97. The monoisotopic (exact) mass is 363 g/mol. The standard InChI is InChI=1S/C17H20N2O3S2/c1-10(2)14(16(21)22)19-15(20)13(24-17(19)23)9-11-5-7-12(8-6-11)18(3)4/h5-10,14H,1-4H3,(H,21,22)/p-1/b13-9+/t14-/m1/s1. The average molecular weight is 363 g/mol. The largest absolute Gasteiger partial charge is 0.548 e. The van der Waals surface area contributed by atoms with Crippen molar-refractivity contribution in [3.05, 3.63) is 34.7 Å². The minimum Gasteiger partial charge on any atom is -0.548 e. The third-order valence-electron chi connectivity index (χ3n) is 3.68. The van der Waals surface area contributed by atoms with Crippen LogP contribution in [0.3, 0.4) is 0 Å². The lowest BCUT2D eigenvalue weighted by molar-refractivity contribution is -0.311. The Morgan fingerprint density at radius 1 is 1.29 bits per heavy atom. The molecule has 128 valence electrons. The number of benzene rings is 1. The first kappa shape index (κ1) is 18.5. The molecule has 2 rings (SSSR count). The van der Waals surface area contributed by atoms with Crippen LogP contribution in [0.4, 0.5) is 5.69 Å². The van der Waals surface area contributed by atoms with Gasteiger partial charge >= 0.3 is 0 Å². The summed E-state index contributed by atoms with van der Waals surface area (Å²) in [7, 11) is 3.90. The zero-order valence-electron chi connectivity index (χ0n) is 14.0. The second kappa shape index (κ2) is 7.36. The molecular weight excluding hydrogens is 344 g/mol. The van der Waals surface area contributed by atoms with Gasteiger partial charge in [0.05, 0.1) is 16.9 Å². The number of nitrogens with zero attached hydrogens (tertiary/aromatic N) is 2. The molecule has 1 aromatic carbocycles. The van der Waals surface area contributed by atoms with E-state index in [1.165, 1.54) is 0 Å². The molecule has 1 saturated heterocycles. The van der Waals surface area contributed by atoms with Gasteiger partial charge in [0.25, 0.3) is 5.91 Å². The second-order valence-electron chi connectivity index (χ2n) is 6.05. The van der Waals surface area contributed by atoms with Gasteiger partial charge < -0.3 is 14.8 Å². The molecule has 0 aromatic heterocycles. The number of anilines is 1. The van der Waals surface area contributed by atoms with Gasteiger partial charge in [0.1, 0.15) is 4.32 Å². The van der Waals surface area contributed by atoms with Crippen molar-refractivity contribution in [1.82, 2.24) is 4.90 Å². The predicted molar refractivity (Wildman–Crippen MR) is 99.4 cm³/mol. The predicted octanol–water partition coefficient (Wildman–Crippen LogP) is 1.73. The van der Waals surface area contributed by atoms with Gasteiger partial charge in [-0.25, -0.2) is 0 Å². The second-order valence-corrected chi connectivity index (χ2v) is 7.72. The van der Waals surface area contributed by atoms with Crippen LogP contribution in [-0.4, -0.2) is 41.2 Å². The average Bonchev–Trinajstić information content (AvgIpc) is 2.75. The van der Waals surface area contributed by atoms with Crippen LogP contribution in [0.2, 0.25) is 0 Å². The van der Waals surface area contributed by atoms with Crippen LogP contribution in [0, 0.1) is 5.92 Å². The number of rotatable bonds is 5. The van der Waals surface area contributed by atoms with Gasteiger partial charge in [-0.2, -0.15) is 0 Å². The molecular formula is C17H19N2O3S2-. The number of hydrogen-bond donors (Lipinski definition) is 0. The topological polar surface area (TPSA) is 63.7 Å². The Labute approximate surface area is 151 Å². The Hall–Kier alpha value is -1.86. The van der Waals surface area contributed by atoms with Crippen molar-refractivity contribution < 1.29 is 14.7 Å². The lowest BCUT2D eigenvalue weighted by atomic mass is 10.0. The minimum absolute atomic E-state index is 0.249. The Kier molecular flexibility index (Phi) is 5.66. The zero-order chi connectivity index (χ0) is 18.0. The van der Waals surface area contributed by atoms with Crippen molar-refractivity contribution >= 4 is 51.9 Å². The molecule has 1 aliphatic heterocycles. The van der Waals surface area contributed by atoms with E-state index in [2.05, 4.69) is 0 Å². The molecule has 1 fully saturated rings. The highest BCUT2D eigenvalue weighted by atomic mass is 32.2. The van der Waals surface area contributed by atoms with Gasteiger partial charge in [0.15, 0.2) is 0 Å². The van der Waals surface area contributed by atoms with Crippen molar-refractivity contribution in [2.45, 2.75) is 19.9 Å². The van der Waals surface area contributed by atoms with Crippen LogP contribution in [-0.2, 0) is 9.59 Å². The van der Waals surface area contributed by atoms with Crippen molar-refractivity contribution in [1.29, 1.82) is 0 Å². The Balaban J connectivity index is 2.29.